The normalized spacial score (nSPS) is 11.9. The summed E-state index contributed by atoms with van der Waals surface area (Å²) in [7, 11) is 0. The predicted octanol–water partition coefficient (Wildman–Crippen LogP) is 5.03. The Morgan fingerprint density at radius 1 is 1.19 bits per heavy atom. The monoisotopic (exact) mass is 377 g/mol. The molecule has 0 unspecified atom stereocenters. The molecule has 0 amide bonds. The molecule has 0 bridgehead atoms. The van der Waals surface area contributed by atoms with Gasteiger partial charge in [-0.3, -0.25) is 4.79 Å². The second-order valence-electron chi connectivity index (χ2n) is 5.94. The fourth-order valence-corrected chi connectivity index (χ4v) is 3.91. The molecule has 0 saturated heterocycles. The smallest absolute Gasteiger partial charge is 0.338 e. The van der Waals surface area contributed by atoms with E-state index in [9.17, 15) is 9.59 Å². The number of hydrogen-bond donors (Lipinski definition) is 1. The Morgan fingerprint density at radius 3 is 2.70 bits per heavy atom. The quantitative estimate of drug-likeness (QED) is 0.385. The molecule has 136 valence electrons. The van der Waals surface area contributed by atoms with Gasteiger partial charge in [0, 0.05) is 20.2 Å². The van der Waals surface area contributed by atoms with Crippen LogP contribution in [0, 0.1) is 6.92 Å². The molecule has 0 spiro atoms. The first-order valence-corrected chi connectivity index (χ1v) is 9.25. The third kappa shape index (κ3) is 3.83. The SMILES string of the molecule is C=C/C=C(\C=C/C)NOC(=O)c1cc2c(=O)c3ccccc3sc2cc1C. The highest BCUT2D eigenvalue weighted by atomic mass is 32.1. The second kappa shape index (κ2) is 8.01. The lowest BCUT2D eigenvalue weighted by Crippen LogP contribution is -2.19. The summed E-state index contributed by atoms with van der Waals surface area (Å²) in [5, 5.41) is 1.17. The highest BCUT2D eigenvalue weighted by Gasteiger charge is 2.15. The van der Waals surface area contributed by atoms with E-state index in [0.29, 0.717) is 22.0 Å². The van der Waals surface area contributed by atoms with Gasteiger partial charge in [0.15, 0.2) is 5.43 Å². The van der Waals surface area contributed by atoms with Crippen LogP contribution in [-0.4, -0.2) is 5.97 Å². The molecule has 27 heavy (non-hydrogen) atoms. The summed E-state index contributed by atoms with van der Waals surface area (Å²) in [6.07, 6.45) is 6.84. The minimum atomic E-state index is -0.550. The lowest BCUT2D eigenvalue weighted by Gasteiger charge is -2.10. The molecule has 0 radical (unpaired) electrons. The molecule has 0 aliphatic rings. The van der Waals surface area contributed by atoms with Crippen molar-refractivity contribution in [2.24, 2.45) is 0 Å². The number of aryl methyl sites for hydroxylation is 1. The number of allylic oxidation sites excluding steroid dienone is 4. The van der Waals surface area contributed by atoms with E-state index in [2.05, 4.69) is 12.1 Å². The maximum Gasteiger partial charge on any atom is 0.363 e. The molecule has 5 heteroatoms. The van der Waals surface area contributed by atoms with Crippen LogP contribution in [0.1, 0.15) is 22.8 Å². The zero-order chi connectivity index (χ0) is 19.4. The average molecular weight is 377 g/mol. The van der Waals surface area contributed by atoms with Gasteiger partial charge in [-0.1, -0.05) is 30.9 Å². The van der Waals surface area contributed by atoms with Gasteiger partial charge in [0.05, 0.1) is 11.3 Å². The van der Waals surface area contributed by atoms with Crippen molar-refractivity contribution in [2.45, 2.75) is 13.8 Å². The van der Waals surface area contributed by atoms with Crippen molar-refractivity contribution in [1.82, 2.24) is 5.48 Å². The van der Waals surface area contributed by atoms with Gasteiger partial charge in [0.2, 0.25) is 0 Å². The summed E-state index contributed by atoms with van der Waals surface area (Å²) in [6, 6.07) is 11.0. The van der Waals surface area contributed by atoms with Gasteiger partial charge in [-0.25, -0.2) is 10.3 Å². The van der Waals surface area contributed by atoms with Gasteiger partial charge in [-0.2, -0.15) is 0 Å². The van der Waals surface area contributed by atoms with Gasteiger partial charge in [-0.05, 0) is 55.8 Å². The first-order valence-electron chi connectivity index (χ1n) is 8.44. The molecule has 1 N–H and O–H groups in total. The number of rotatable bonds is 5. The summed E-state index contributed by atoms with van der Waals surface area (Å²) in [4.78, 5) is 30.6. The predicted molar refractivity (Wildman–Crippen MR) is 112 cm³/mol. The lowest BCUT2D eigenvalue weighted by molar-refractivity contribution is 0.0331. The van der Waals surface area contributed by atoms with Crippen LogP contribution in [0.4, 0.5) is 0 Å². The number of fused-ring (bicyclic) bond motifs is 2. The van der Waals surface area contributed by atoms with Crippen molar-refractivity contribution >= 4 is 37.5 Å². The molecule has 1 aromatic heterocycles. The standard InChI is InChI=1S/C22H19NO3S/c1-4-8-15(9-5-2)23-26-22(25)17-13-18-20(12-14(17)3)27-19-11-7-6-10-16(19)21(18)24/h4-13,23H,1H2,2-3H3/b9-5-,15-8+. The summed E-state index contributed by atoms with van der Waals surface area (Å²) in [6.45, 7) is 7.31. The number of carbonyl (C=O) groups excluding carboxylic acids is 1. The maximum atomic E-state index is 12.8. The summed E-state index contributed by atoms with van der Waals surface area (Å²) >= 11 is 1.53. The van der Waals surface area contributed by atoms with Crippen molar-refractivity contribution in [1.29, 1.82) is 0 Å². The molecule has 2 aromatic carbocycles. The number of hydrogen-bond acceptors (Lipinski definition) is 5. The summed E-state index contributed by atoms with van der Waals surface area (Å²) in [5.74, 6) is -0.550. The minimum absolute atomic E-state index is 0.0810. The van der Waals surface area contributed by atoms with E-state index < -0.39 is 5.97 Å². The molecule has 0 saturated carbocycles. The molecule has 0 atom stereocenters. The van der Waals surface area contributed by atoms with Gasteiger partial charge < -0.3 is 4.84 Å². The number of hydroxylamine groups is 1. The van der Waals surface area contributed by atoms with E-state index in [-0.39, 0.29) is 5.43 Å². The molecule has 3 rings (SSSR count). The van der Waals surface area contributed by atoms with Crippen LogP contribution in [0.25, 0.3) is 20.2 Å². The molecule has 3 aromatic rings. The molecular weight excluding hydrogens is 358 g/mol. The first-order chi connectivity index (χ1) is 13.0. The Morgan fingerprint density at radius 2 is 1.96 bits per heavy atom. The van der Waals surface area contributed by atoms with Crippen molar-refractivity contribution in [3.63, 3.8) is 0 Å². The number of benzene rings is 2. The van der Waals surface area contributed by atoms with E-state index in [1.54, 1.807) is 30.4 Å². The van der Waals surface area contributed by atoms with E-state index in [4.69, 9.17) is 4.84 Å². The Kier molecular flexibility index (Phi) is 5.52. The Bertz CT molecular complexity index is 1160. The van der Waals surface area contributed by atoms with Crippen molar-refractivity contribution in [3.05, 3.63) is 94.3 Å². The fraction of sp³-hybridized carbons (Fsp3) is 0.0909. The van der Waals surface area contributed by atoms with Crippen molar-refractivity contribution < 1.29 is 9.63 Å². The molecule has 1 heterocycles. The van der Waals surface area contributed by atoms with Crippen molar-refractivity contribution in [2.75, 3.05) is 0 Å². The number of nitrogens with one attached hydrogen (secondary N) is 1. The van der Waals surface area contributed by atoms with Gasteiger partial charge in [-0.15, -0.1) is 11.3 Å². The molecule has 0 aliphatic heterocycles. The van der Waals surface area contributed by atoms with Crippen molar-refractivity contribution in [3.8, 4) is 0 Å². The van der Waals surface area contributed by atoms with Gasteiger partial charge in [0.25, 0.3) is 0 Å². The second-order valence-corrected chi connectivity index (χ2v) is 7.02. The topological polar surface area (TPSA) is 55.4 Å². The zero-order valence-corrected chi connectivity index (χ0v) is 15.9. The average Bonchev–Trinajstić information content (AvgIpc) is 2.66. The largest absolute Gasteiger partial charge is 0.363 e. The van der Waals surface area contributed by atoms with E-state index >= 15 is 0 Å². The van der Waals surface area contributed by atoms with Crippen LogP contribution in [0.15, 0.2) is 77.8 Å². The van der Waals surface area contributed by atoms with Gasteiger partial charge in [0.1, 0.15) is 0 Å². The van der Waals surface area contributed by atoms with Crippen LogP contribution < -0.4 is 10.9 Å². The fourth-order valence-electron chi connectivity index (χ4n) is 2.76. The Labute approximate surface area is 161 Å². The van der Waals surface area contributed by atoms with E-state index in [0.717, 1.165) is 15.0 Å². The lowest BCUT2D eigenvalue weighted by atomic mass is 10.1. The molecular formula is C22H19NO3S. The Balaban J connectivity index is 2.00. The van der Waals surface area contributed by atoms with Crippen LogP contribution in [0.3, 0.4) is 0 Å². The first kappa shape index (κ1) is 18.6. The van der Waals surface area contributed by atoms with E-state index in [1.807, 2.05) is 44.2 Å². The molecule has 0 fully saturated rings. The number of carbonyl (C=O) groups is 1. The van der Waals surface area contributed by atoms with Crippen LogP contribution >= 0.6 is 11.3 Å². The van der Waals surface area contributed by atoms with Gasteiger partial charge >= 0.3 is 5.97 Å². The van der Waals surface area contributed by atoms with E-state index in [1.165, 1.54) is 11.3 Å². The highest BCUT2D eigenvalue weighted by molar-refractivity contribution is 7.24. The maximum absolute atomic E-state index is 12.8. The third-order valence-electron chi connectivity index (χ3n) is 4.05. The summed E-state index contributed by atoms with van der Waals surface area (Å²) in [5.41, 5.74) is 4.24. The molecule has 4 nitrogen and oxygen atoms in total. The molecule has 0 aliphatic carbocycles. The summed E-state index contributed by atoms with van der Waals surface area (Å²) < 4.78 is 1.78. The van der Waals surface area contributed by atoms with Crippen LogP contribution in [-0.2, 0) is 4.84 Å². The minimum Gasteiger partial charge on any atom is -0.338 e. The zero-order valence-electron chi connectivity index (χ0n) is 15.1. The van der Waals surface area contributed by atoms with Crippen LogP contribution in [0.5, 0.6) is 0 Å². The third-order valence-corrected chi connectivity index (χ3v) is 5.18. The Hall–Kier alpha value is -3.18. The highest BCUT2D eigenvalue weighted by Crippen LogP contribution is 2.27. The van der Waals surface area contributed by atoms with Crippen LogP contribution in [0.2, 0.25) is 0 Å².